The minimum atomic E-state index is 0.0396. The number of azide groups is 1. The van der Waals surface area contributed by atoms with Crippen molar-refractivity contribution in [2.75, 3.05) is 177 Å². The lowest BCUT2D eigenvalue weighted by molar-refractivity contribution is -0.671. The maximum Gasteiger partial charge on any atom is 0.220 e. The fourth-order valence-electron chi connectivity index (χ4n) is 7.46. The second kappa shape index (κ2) is 43.7. The molecule has 1 N–H and O–H groups in total. The van der Waals surface area contributed by atoms with E-state index in [0.29, 0.717) is 190 Å². The van der Waals surface area contributed by atoms with Crippen molar-refractivity contribution in [1.82, 2.24) is 5.32 Å². The number of hydrogen-bond acceptors (Lipinski definition) is 17. The molecule has 1 amide bonds. The number of ether oxygens (including phenoxy) is 12. The Bertz CT molecular complexity index is 2100. The Hall–Kier alpha value is -4.29. The van der Waals surface area contributed by atoms with E-state index < -0.39 is 0 Å². The van der Waals surface area contributed by atoms with E-state index in [1.807, 2.05) is 25.2 Å². The minimum absolute atomic E-state index is 0.0396. The molecule has 21 heteroatoms. The number of pyridine rings is 1. The number of aryl methyl sites for hydroxylation is 1. The van der Waals surface area contributed by atoms with Crippen LogP contribution in [0.1, 0.15) is 63.9 Å². The molecule has 20 nitrogen and oxygen atoms in total. The number of fused-ring (bicyclic) bond motifs is 2. The fraction of sp³-hybridized carbons (Fsp3) is 0.655. The number of nitrogens with zero attached hydrogens (tertiary/aromatic N) is 5. The monoisotopic (exact) mass is 1090 g/mol. The van der Waals surface area contributed by atoms with Crippen LogP contribution in [0.5, 0.6) is 0 Å². The molecule has 0 bridgehead atoms. The summed E-state index contributed by atoms with van der Waals surface area (Å²) >= 11 is 1.70. The van der Waals surface area contributed by atoms with Crippen molar-refractivity contribution in [2.45, 2.75) is 69.7 Å². The van der Waals surface area contributed by atoms with Crippen molar-refractivity contribution in [3.8, 4) is 0 Å². The Morgan fingerprint density at radius 1 is 0.605 bits per heavy atom. The first-order valence-electron chi connectivity index (χ1n) is 26.9. The van der Waals surface area contributed by atoms with E-state index in [4.69, 9.17) is 62.4 Å². The second-order valence-corrected chi connectivity index (χ2v) is 18.4. The molecule has 0 aliphatic carbocycles. The number of anilines is 1. The predicted molar refractivity (Wildman–Crippen MR) is 292 cm³/mol. The summed E-state index contributed by atoms with van der Waals surface area (Å²) in [6, 6.07) is 16.4. The topological polar surface area (TPSA) is 213 Å². The van der Waals surface area contributed by atoms with Gasteiger partial charge in [-0.15, -0.1) is 0 Å². The van der Waals surface area contributed by atoms with Gasteiger partial charge in [-0.3, -0.25) is 9.59 Å². The molecule has 2 aromatic carbocycles. The van der Waals surface area contributed by atoms with Crippen molar-refractivity contribution in [2.24, 2.45) is 5.11 Å². The van der Waals surface area contributed by atoms with Gasteiger partial charge in [-0.2, -0.15) is 4.57 Å². The molecule has 2 heterocycles. The zero-order valence-electron chi connectivity index (χ0n) is 45.2. The van der Waals surface area contributed by atoms with E-state index in [1.54, 1.807) is 11.8 Å². The second-order valence-electron chi connectivity index (χ2n) is 17.4. The van der Waals surface area contributed by atoms with Crippen LogP contribution in [0.15, 0.2) is 69.8 Å². The molecule has 1 aliphatic heterocycles. The third-order valence-electron chi connectivity index (χ3n) is 11.5. The minimum Gasteiger partial charge on any atom is -0.379 e. The van der Waals surface area contributed by atoms with Gasteiger partial charge in [-0.1, -0.05) is 48.4 Å². The van der Waals surface area contributed by atoms with Crippen LogP contribution in [0.25, 0.3) is 27.4 Å². The van der Waals surface area contributed by atoms with Crippen molar-refractivity contribution in [3.63, 3.8) is 0 Å². The standard InChI is InChI=1S/C55H84N6O14S/c1-3-4-10-49(62)17-21-64-23-25-66-27-29-68-31-33-70-35-37-72-39-41-74-43-44-75-42-40-73-38-36-71-34-32-69-30-28-67-26-24-65-22-18-57-54(63)13-6-5-9-19-61-20-16-47(50-11-7-8-12-51(50)61)45-55-60(2)52-46-48(58-59-56)14-15-53(52)76-55/h7-8,11-12,14-16,20,45-46H,3-6,9-10,13,17-19,21-44H2,1-2H3/p+1. The molecule has 0 spiro atoms. The summed E-state index contributed by atoms with van der Waals surface area (Å²) in [5.41, 5.74) is 12.8. The highest BCUT2D eigenvalue weighted by Crippen LogP contribution is 2.47. The first-order chi connectivity index (χ1) is 37.5. The smallest absolute Gasteiger partial charge is 0.220 e. The third-order valence-corrected chi connectivity index (χ3v) is 12.7. The van der Waals surface area contributed by atoms with E-state index in [1.165, 1.54) is 10.9 Å². The Morgan fingerprint density at radius 2 is 1.11 bits per heavy atom. The summed E-state index contributed by atoms with van der Waals surface area (Å²) < 4.78 is 68.5. The highest BCUT2D eigenvalue weighted by molar-refractivity contribution is 8.03. The lowest BCUT2D eigenvalue weighted by Crippen LogP contribution is -2.34. The van der Waals surface area contributed by atoms with Crippen LogP contribution in [-0.2, 0) is 73.0 Å². The number of nitrogens with one attached hydrogen (secondary N) is 1. The van der Waals surface area contributed by atoms with Gasteiger partial charge in [0, 0.05) is 66.9 Å². The van der Waals surface area contributed by atoms with Gasteiger partial charge in [0.15, 0.2) is 6.20 Å². The zero-order valence-corrected chi connectivity index (χ0v) is 46.0. The van der Waals surface area contributed by atoms with E-state index in [9.17, 15) is 9.59 Å². The number of ketones is 1. The van der Waals surface area contributed by atoms with Gasteiger partial charge in [0.2, 0.25) is 11.4 Å². The molecule has 4 rings (SSSR count). The number of carbonyl (C=O) groups excluding carboxylic acids is 2. The number of hydrogen-bond donors (Lipinski definition) is 1. The molecule has 0 atom stereocenters. The lowest BCUT2D eigenvalue weighted by atomic mass is 10.1. The average molecular weight is 1090 g/mol. The average Bonchev–Trinajstić information content (AvgIpc) is 3.75. The van der Waals surface area contributed by atoms with Crippen LogP contribution in [0.3, 0.4) is 0 Å². The molecule has 76 heavy (non-hydrogen) atoms. The molecule has 0 saturated heterocycles. The number of carbonyl (C=O) groups is 2. The number of unbranched alkanes of at least 4 members (excludes halogenated alkanes) is 3. The number of Topliss-reactive ketones (excluding diaryl/α,β-unsaturated/α-hetero) is 1. The Balaban J connectivity index is 0.813. The molecule has 0 unspecified atom stereocenters. The van der Waals surface area contributed by atoms with E-state index >= 15 is 0 Å². The maximum absolute atomic E-state index is 12.4. The fourth-order valence-corrected chi connectivity index (χ4v) is 8.54. The summed E-state index contributed by atoms with van der Waals surface area (Å²) in [5, 5.41) is 8.98. The molecule has 1 aromatic heterocycles. The van der Waals surface area contributed by atoms with Crippen LogP contribution < -0.4 is 14.8 Å². The van der Waals surface area contributed by atoms with Crippen LogP contribution in [0, 0.1) is 0 Å². The zero-order chi connectivity index (χ0) is 53.8. The number of thioether (sulfide) groups is 1. The molecule has 0 fully saturated rings. The molecule has 0 radical (unpaired) electrons. The largest absolute Gasteiger partial charge is 0.379 e. The maximum atomic E-state index is 12.4. The molecular formula is C55H85N6O14S+. The molecular weight excluding hydrogens is 1000 g/mol. The van der Waals surface area contributed by atoms with Crippen molar-refractivity contribution >= 4 is 51.8 Å². The number of amides is 1. The van der Waals surface area contributed by atoms with Gasteiger partial charge in [0.25, 0.3) is 0 Å². The summed E-state index contributed by atoms with van der Waals surface area (Å²) in [6.45, 7) is 14.8. The highest BCUT2D eigenvalue weighted by Gasteiger charge is 2.23. The summed E-state index contributed by atoms with van der Waals surface area (Å²) in [5.74, 6) is 0.300. The number of rotatable bonds is 50. The normalized spacial score (nSPS) is 12.7. The number of aromatic nitrogens is 1. The molecule has 0 saturated carbocycles. The number of benzene rings is 2. The summed E-state index contributed by atoms with van der Waals surface area (Å²) in [6.07, 6.45) is 10.7. The third kappa shape index (κ3) is 29.5. The van der Waals surface area contributed by atoms with Crippen LogP contribution in [-0.4, -0.2) is 184 Å². The van der Waals surface area contributed by atoms with E-state index in [0.717, 1.165) is 59.8 Å². The van der Waals surface area contributed by atoms with Crippen LogP contribution in [0.2, 0.25) is 0 Å². The van der Waals surface area contributed by atoms with E-state index in [-0.39, 0.29) is 11.7 Å². The van der Waals surface area contributed by atoms with Crippen molar-refractivity contribution in [3.05, 3.63) is 75.8 Å². The quantitative estimate of drug-likeness (QED) is 0.0189. The van der Waals surface area contributed by atoms with Crippen molar-refractivity contribution < 1.29 is 71.0 Å². The van der Waals surface area contributed by atoms with Gasteiger partial charge in [0.1, 0.15) is 12.3 Å². The summed E-state index contributed by atoms with van der Waals surface area (Å²) in [4.78, 5) is 30.2. The summed E-state index contributed by atoms with van der Waals surface area (Å²) in [7, 11) is 2.03. The molecule has 424 valence electrons. The lowest BCUT2D eigenvalue weighted by Gasteiger charge is -2.14. The Kier molecular flexibility index (Phi) is 36.9. The predicted octanol–water partition coefficient (Wildman–Crippen LogP) is 7.63. The van der Waals surface area contributed by atoms with Gasteiger partial charge < -0.3 is 67.1 Å². The Morgan fingerprint density at radius 3 is 1.62 bits per heavy atom. The Labute approximate surface area is 454 Å². The molecule has 1 aliphatic rings. The van der Waals surface area contributed by atoms with Crippen molar-refractivity contribution in [1.29, 1.82) is 0 Å². The first-order valence-corrected chi connectivity index (χ1v) is 27.8. The number of para-hydroxylation sites is 1. The first kappa shape index (κ1) is 64.2. The van der Waals surface area contributed by atoms with Crippen LogP contribution in [0.4, 0.5) is 11.4 Å². The van der Waals surface area contributed by atoms with Gasteiger partial charge in [-0.05, 0) is 54.6 Å². The molecule has 3 aromatic rings. The van der Waals surface area contributed by atoms with Gasteiger partial charge in [0.05, 0.1) is 175 Å². The van der Waals surface area contributed by atoms with Gasteiger partial charge >= 0.3 is 0 Å². The highest BCUT2D eigenvalue weighted by atomic mass is 32.2. The van der Waals surface area contributed by atoms with Crippen LogP contribution >= 0.6 is 11.8 Å². The van der Waals surface area contributed by atoms with Gasteiger partial charge in [-0.25, -0.2) is 0 Å². The SMILES string of the molecule is CCCCC(=O)CCOCCOCCOCCOCCOCCOCCOCCOCCOCCOCCOCCOCCNC(=O)CCCCC[n+]1ccc(C=C2Sc3ccc(N=[N+]=[N-])cc3N2C)c2ccccc21. The van der Waals surface area contributed by atoms with E-state index in [2.05, 4.69) is 74.3 Å².